The first kappa shape index (κ1) is 10.8. The van der Waals surface area contributed by atoms with Gasteiger partial charge in [0.2, 0.25) is 0 Å². The SMILES string of the molecule is CCCCC1=Cc2cccc(Cl)c2CC1. The summed E-state index contributed by atoms with van der Waals surface area (Å²) >= 11 is 6.16. The van der Waals surface area contributed by atoms with Crippen LogP contribution in [0.4, 0.5) is 0 Å². The molecule has 80 valence electrons. The van der Waals surface area contributed by atoms with E-state index >= 15 is 0 Å². The monoisotopic (exact) mass is 220 g/mol. The summed E-state index contributed by atoms with van der Waals surface area (Å²) in [5.74, 6) is 0. The number of hydrogen-bond donors (Lipinski definition) is 0. The van der Waals surface area contributed by atoms with Crippen molar-refractivity contribution in [2.45, 2.75) is 39.0 Å². The lowest BCUT2D eigenvalue weighted by Gasteiger charge is -2.17. The van der Waals surface area contributed by atoms with Crippen LogP contribution in [0.25, 0.3) is 6.08 Å². The van der Waals surface area contributed by atoms with Gasteiger partial charge in [-0.05, 0) is 42.9 Å². The van der Waals surface area contributed by atoms with Gasteiger partial charge in [-0.25, -0.2) is 0 Å². The second-order valence-corrected chi connectivity index (χ2v) is 4.62. The van der Waals surface area contributed by atoms with Gasteiger partial charge in [0, 0.05) is 5.02 Å². The fraction of sp³-hybridized carbons (Fsp3) is 0.429. The first-order valence-corrected chi connectivity index (χ1v) is 6.16. The minimum Gasteiger partial charge on any atom is -0.0840 e. The molecular weight excluding hydrogens is 204 g/mol. The molecule has 0 bridgehead atoms. The van der Waals surface area contributed by atoms with Crippen molar-refractivity contribution in [3.63, 3.8) is 0 Å². The molecular formula is C14H17Cl. The third-order valence-corrected chi connectivity index (χ3v) is 3.42. The molecule has 0 saturated carbocycles. The van der Waals surface area contributed by atoms with E-state index in [2.05, 4.69) is 19.1 Å². The van der Waals surface area contributed by atoms with E-state index in [0.717, 1.165) is 11.4 Å². The maximum atomic E-state index is 6.16. The Hall–Kier alpha value is -0.750. The Labute approximate surface area is 97.0 Å². The Morgan fingerprint density at radius 3 is 2.93 bits per heavy atom. The highest BCUT2D eigenvalue weighted by Gasteiger charge is 2.12. The lowest BCUT2D eigenvalue weighted by Crippen LogP contribution is -2.00. The number of unbranched alkanes of at least 4 members (excludes halogenated alkanes) is 1. The smallest absolute Gasteiger partial charge is 0.0444 e. The van der Waals surface area contributed by atoms with Crippen molar-refractivity contribution >= 4 is 17.7 Å². The average Bonchev–Trinajstić information content (AvgIpc) is 2.26. The molecule has 0 amide bonds. The lowest BCUT2D eigenvalue weighted by molar-refractivity contribution is 0.749. The van der Waals surface area contributed by atoms with Gasteiger partial charge in [0.25, 0.3) is 0 Å². The zero-order chi connectivity index (χ0) is 10.7. The molecule has 1 aromatic rings. The molecule has 0 nitrogen and oxygen atoms in total. The topological polar surface area (TPSA) is 0 Å². The molecule has 0 atom stereocenters. The van der Waals surface area contributed by atoms with E-state index in [4.69, 9.17) is 11.6 Å². The van der Waals surface area contributed by atoms with Crippen LogP contribution in [0.15, 0.2) is 23.8 Å². The fourth-order valence-corrected chi connectivity index (χ4v) is 2.43. The van der Waals surface area contributed by atoms with E-state index in [1.165, 1.54) is 36.8 Å². The Morgan fingerprint density at radius 1 is 1.27 bits per heavy atom. The predicted octanol–water partition coefficient (Wildman–Crippen LogP) is 4.86. The summed E-state index contributed by atoms with van der Waals surface area (Å²) in [5, 5.41) is 0.929. The van der Waals surface area contributed by atoms with E-state index in [-0.39, 0.29) is 0 Å². The van der Waals surface area contributed by atoms with Crippen LogP contribution < -0.4 is 0 Å². The normalized spacial score (nSPS) is 14.7. The van der Waals surface area contributed by atoms with Gasteiger partial charge >= 0.3 is 0 Å². The molecule has 1 heteroatoms. The van der Waals surface area contributed by atoms with Crippen molar-refractivity contribution in [2.24, 2.45) is 0 Å². The fourth-order valence-electron chi connectivity index (χ4n) is 2.15. The predicted molar refractivity (Wildman–Crippen MR) is 67.3 cm³/mol. The maximum absolute atomic E-state index is 6.16. The molecule has 1 aliphatic rings. The second kappa shape index (κ2) is 4.85. The summed E-state index contributed by atoms with van der Waals surface area (Å²) in [6.45, 7) is 2.24. The molecule has 0 saturated heterocycles. The largest absolute Gasteiger partial charge is 0.0840 e. The molecule has 0 aliphatic heterocycles. The van der Waals surface area contributed by atoms with Crippen LogP contribution in [0.2, 0.25) is 5.02 Å². The summed E-state index contributed by atoms with van der Waals surface area (Å²) in [6.07, 6.45) is 8.48. The first-order chi connectivity index (χ1) is 7.31. The molecule has 0 radical (unpaired) electrons. The summed E-state index contributed by atoms with van der Waals surface area (Å²) in [6, 6.07) is 6.21. The number of benzene rings is 1. The van der Waals surface area contributed by atoms with Crippen LogP contribution in [-0.2, 0) is 6.42 Å². The molecule has 0 aromatic heterocycles. The number of allylic oxidation sites excluding steroid dienone is 1. The second-order valence-electron chi connectivity index (χ2n) is 4.21. The Balaban J connectivity index is 2.22. The zero-order valence-electron chi connectivity index (χ0n) is 9.22. The molecule has 0 N–H and O–H groups in total. The van der Waals surface area contributed by atoms with Crippen molar-refractivity contribution in [2.75, 3.05) is 0 Å². The lowest BCUT2D eigenvalue weighted by atomic mass is 9.90. The molecule has 0 spiro atoms. The van der Waals surface area contributed by atoms with E-state index in [1.54, 1.807) is 5.57 Å². The van der Waals surface area contributed by atoms with Crippen LogP contribution in [0.5, 0.6) is 0 Å². The molecule has 0 fully saturated rings. The van der Waals surface area contributed by atoms with Gasteiger partial charge < -0.3 is 0 Å². The quantitative estimate of drug-likeness (QED) is 0.683. The molecule has 15 heavy (non-hydrogen) atoms. The third kappa shape index (κ3) is 2.43. The average molecular weight is 221 g/mol. The highest BCUT2D eigenvalue weighted by Crippen LogP contribution is 2.31. The molecule has 1 aromatic carbocycles. The Morgan fingerprint density at radius 2 is 2.13 bits per heavy atom. The van der Waals surface area contributed by atoms with Crippen molar-refractivity contribution in [3.8, 4) is 0 Å². The first-order valence-electron chi connectivity index (χ1n) is 5.78. The Bertz CT molecular complexity index is 377. The van der Waals surface area contributed by atoms with Crippen LogP contribution in [0.1, 0.15) is 43.7 Å². The highest BCUT2D eigenvalue weighted by atomic mass is 35.5. The van der Waals surface area contributed by atoms with Crippen LogP contribution in [0.3, 0.4) is 0 Å². The zero-order valence-corrected chi connectivity index (χ0v) is 9.98. The molecule has 2 rings (SSSR count). The van der Waals surface area contributed by atoms with Crippen LogP contribution >= 0.6 is 11.6 Å². The van der Waals surface area contributed by atoms with Crippen molar-refractivity contribution in [3.05, 3.63) is 39.9 Å². The minimum absolute atomic E-state index is 0.929. The van der Waals surface area contributed by atoms with Crippen molar-refractivity contribution in [1.82, 2.24) is 0 Å². The van der Waals surface area contributed by atoms with E-state index in [9.17, 15) is 0 Å². The number of hydrogen-bond acceptors (Lipinski definition) is 0. The van der Waals surface area contributed by atoms with Gasteiger partial charge in [0.1, 0.15) is 0 Å². The number of fused-ring (bicyclic) bond motifs is 1. The van der Waals surface area contributed by atoms with Gasteiger partial charge in [-0.2, -0.15) is 0 Å². The van der Waals surface area contributed by atoms with Gasteiger partial charge in [-0.1, -0.05) is 48.7 Å². The van der Waals surface area contributed by atoms with Gasteiger partial charge in [-0.15, -0.1) is 0 Å². The van der Waals surface area contributed by atoms with Gasteiger partial charge in [0.05, 0.1) is 0 Å². The van der Waals surface area contributed by atoms with Gasteiger partial charge in [0.15, 0.2) is 0 Å². The van der Waals surface area contributed by atoms with Crippen LogP contribution in [0, 0.1) is 0 Å². The minimum atomic E-state index is 0.929. The van der Waals surface area contributed by atoms with Crippen LogP contribution in [-0.4, -0.2) is 0 Å². The standard InChI is InChI=1S/C14H17Cl/c1-2-3-5-11-8-9-13-12(10-11)6-4-7-14(13)15/h4,6-7,10H,2-3,5,8-9H2,1H3. The van der Waals surface area contributed by atoms with E-state index in [1.807, 2.05) is 12.1 Å². The number of rotatable bonds is 3. The molecule has 1 aliphatic carbocycles. The molecule has 0 unspecified atom stereocenters. The summed E-state index contributed by atoms with van der Waals surface area (Å²) < 4.78 is 0. The van der Waals surface area contributed by atoms with Gasteiger partial charge in [-0.3, -0.25) is 0 Å². The summed E-state index contributed by atoms with van der Waals surface area (Å²) in [4.78, 5) is 0. The van der Waals surface area contributed by atoms with Crippen molar-refractivity contribution < 1.29 is 0 Å². The maximum Gasteiger partial charge on any atom is 0.0444 e. The third-order valence-electron chi connectivity index (χ3n) is 3.06. The summed E-state index contributed by atoms with van der Waals surface area (Å²) in [5.41, 5.74) is 4.26. The summed E-state index contributed by atoms with van der Waals surface area (Å²) in [7, 11) is 0. The number of halogens is 1. The highest BCUT2D eigenvalue weighted by molar-refractivity contribution is 6.31. The van der Waals surface area contributed by atoms with E-state index in [0.29, 0.717) is 0 Å². The van der Waals surface area contributed by atoms with Crippen molar-refractivity contribution in [1.29, 1.82) is 0 Å². The molecule has 0 heterocycles. The Kier molecular flexibility index (Phi) is 3.48. The van der Waals surface area contributed by atoms with E-state index < -0.39 is 0 Å².